The third kappa shape index (κ3) is 8.61. The summed E-state index contributed by atoms with van der Waals surface area (Å²) < 4.78 is 0. The van der Waals surface area contributed by atoms with Gasteiger partial charge in [0.1, 0.15) is 0 Å². The highest BCUT2D eigenvalue weighted by Crippen LogP contribution is 2.35. The summed E-state index contributed by atoms with van der Waals surface area (Å²) >= 11 is 0. The fraction of sp³-hybridized carbons (Fsp3) is 0.840. The molecule has 0 bridgehead atoms. The molecule has 0 saturated heterocycles. The Labute approximate surface area is 158 Å². The van der Waals surface area contributed by atoms with Crippen LogP contribution in [0.1, 0.15) is 110 Å². The van der Waals surface area contributed by atoms with Crippen molar-refractivity contribution in [3.8, 4) is 0 Å². The number of hydrogen-bond acceptors (Lipinski definition) is 0. The van der Waals surface area contributed by atoms with Gasteiger partial charge in [-0.15, -0.1) is 0 Å². The van der Waals surface area contributed by atoms with Gasteiger partial charge in [0.15, 0.2) is 0 Å². The van der Waals surface area contributed by atoms with Crippen LogP contribution >= 0.6 is 0 Å². The van der Waals surface area contributed by atoms with Crippen LogP contribution in [-0.4, -0.2) is 0 Å². The highest BCUT2D eigenvalue weighted by Gasteiger charge is 2.20. The average molecular weight is 345 g/mol. The van der Waals surface area contributed by atoms with Gasteiger partial charge in [-0.1, -0.05) is 89.5 Å². The summed E-state index contributed by atoms with van der Waals surface area (Å²) in [6, 6.07) is 0. The lowest BCUT2D eigenvalue weighted by molar-refractivity contribution is 0.250. The van der Waals surface area contributed by atoms with Crippen LogP contribution in [0.2, 0.25) is 0 Å². The predicted octanol–water partition coefficient (Wildman–Crippen LogP) is 8.48. The van der Waals surface area contributed by atoms with Gasteiger partial charge in [0.05, 0.1) is 0 Å². The Morgan fingerprint density at radius 1 is 0.640 bits per heavy atom. The fourth-order valence-corrected chi connectivity index (χ4v) is 4.97. The summed E-state index contributed by atoms with van der Waals surface area (Å²) in [4.78, 5) is 0. The molecule has 2 aliphatic rings. The molecule has 2 fully saturated rings. The van der Waals surface area contributed by atoms with Crippen LogP contribution in [0.4, 0.5) is 0 Å². The molecule has 25 heavy (non-hydrogen) atoms. The molecule has 0 heterocycles. The zero-order chi connectivity index (χ0) is 17.7. The quantitative estimate of drug-likeness (QED) is 0.275. The number of rotatable bonds is 10. The van der Waals surface area contributed by atoms with E-state index >= 15 is 0 Å². The highest BCUT2D eigenvalue weighted by atomic mass is 14.3. The maximum Gasteiger partial charge on any atom is -0.0233 e. The Morgan fingerprint density at radius 3 is 1.76 bits per heavy atom. The van der Waals surface area contributed by atoms with Gasteiger partial charge in [0.25, 0.3) is 0 Å². The van der Waals surface area contributed by atoms with Crippen molar-refractivity contribution >= 4 is 0 Å². The van der Waals surface area contributed by atoms with Crippen molar-refractivity contribution < 1.29 is 0 Å². The first-order valence-electron chi connectivity index (χ1n) is 11.6. The minimum absolute atomic E-state index is 0.872. The molecule has 0 aliphatic heterocycles. The molecule has 0 aromatic heterocycles. The van der Waals surface area contributed by atoms with E-state index in [1.165, 1.54) is 96.3 Å². The Kier molecular flexibility index (Phi) is 10.6. The van der Waals surface area contributed by atoms with Crippen LogP contribution in [0, 0.1) is 23.7 Å². The van der Waals surface area contributed by atoms with Crippen LogP contribution in [0.15, 0.2) is 24.3 Å². The van der Waals surface area contributed by atoms with Gasteiger partial charge in [0, 0.05) is 0 Å². The molecule has 0 heteroatoms. The van der Waals surface area contributed by atoms with E-state index in [0.29, 0.717) is 0 Å². The Balaban J connectivity index is 1.52. The van der Waals surface area contributed by atoms with Crippen molar-refractivity contribution in [1.82, 2.24) is 0 Å². The molecule has 0 amide bonds. The fourth-order valence-electron chi connectivity index (χ4n) is 4.97. The molecule has 0 aromatic carbocycles. The van der Waals surface area contributed by atoms with Crippen molar-refractivity contribution in [2.75, 3.05) is 0 Å². The second kappa shape index (κ2) is 12.8. The minimum atomic E-state index is 0.872. The smallest absolute Gasteiger partial charge is 0.0233 e. The molecule has 0 aromatic rings. The first-order chi connectivity index (χ1) is 12.3. The highest BCUT2D eigenvalue weighted by molar-refractivity contribution is 4.96. The van der Waals surface area contributed by atoms with Crippen LogP contribution in [0.25, 0.3) is 0 Å². The van der Waals surface area contributed by atoms with Gasteiger partial charge in [0.2, 0.25) is 0 Å². The largest absolute Gasteiger partial charge is 0.0885 e. The van der Waals surface area contributed by atoms with Gasteiger partial charge in [-0.25, -0.2) is 0 Å². The standard InChI is InChI=1S/C25H44/c1-3-5-7-11-23-18-20-25(21-19-23)13-9-8-12-24-16-14-22(15-17-24)10-6-4-2/h6,8,10,12,22-25H,3-5,7,9,11,13-21H2,1-2H3/b10-6+,12-8+/t22-,23-,24-,25-. The summed E-state index contributed by atoms with van der Waals surface area (Å²) in [6.45, 7) is 4.56. The lowest BCUT2D eigenvalue weighted by Gasteiger charge is -2.28. The Morgan fingerprint density at radius 2 is 1.20 bits per heavy atom. The average Bonchev–Trinajstić information content (AvgIpc) is 2.66. The van der Waals surface area contributed by atoms with E-state index < -0.39 is 0 Å². The summed E-state index contributed by atoms with van der Waals surface area (Å²) in [5.74, 6) is 3.84. The number of allylic oxidation sites excluding steroid dienone is 4. The van der Waals surface area contributed by atoms with E-state index in [9.17, 15) is 0 Å². The van der Waals surface area contributed by atoms with E-state index in [1.807, 2.05) is 0 Å². The molecule has 0 N–H and O–H groups in total. The summed E-state index contributed by atoms with van der Waals surface area (Å²) in [6.07, 6.45) is 31.4. The summed E-state index contributed by atoms with van der Waals surface area (Å²) in [5.41, 5.74) is 0. The van der Waals surface area contributed by atoms with Crippen LogP contribution < -0.4 is 0 Å². The van der Waals surface area contributed by atoms with Crippen molar-refractivity contribution in [1.29, 1.82) is 0 Å². The minimum Gasteiger partial charge on any atom is -0.0885 e. The number of unbranched alkanes of at least 4 members (excludes halogenated alkanes) is 2. The van der Waals surface area contributed by atoms with E-state index in [0.717, 1.165) is 23.7 Å². The molecular formula is C25H44. The predicted molar refractivity (Wildman–Crippen MR) is 113 cm³/mol. The molecule has 144 valence electrons. The van der Waals surface area contributed by atoms with Gasteiger partial charge in [-0.2, -0.15) is 0 Å². The maximum atomic E-state index is 2.57. The molecule has 2 saturated carbocycles. The topological polar surface area (TPSA) is 0 Å². The van der Waals surface area contributed by atoms with Crippen molar-refractivity contribution in [3.63, 3.8) is 0 Å². The third-order valence-corrected chi connectivity index (χ3v) is 6.79. The lowest BCUT2D eigenvalue weighted by atomic mass is 9.78. The summed E-state index contributed by atoms with van der Waals surface area (Å²) in [5, 5.41) is 0. The van der Waals surface area contributed by atoms with E-state index in [4.69, 9.17) is 0 Å². The zero-order valence-corrected chi connectivity index (χ0v) is 17.2. The monoisotopic (exact) mass is 344 g/mol. The van der Waals surface area contributed by atoms with Gasteiger partial charge < -0.3 is 0 Å². The van der Waals surface area contributed by atoms with Gasteiger partial charge in [-0.3, -0.25) is 0 Å². The SMILES string of the molecule is CC/C=C/[C@H]1CC[C@H](/C=C/CC[C@H]2CC[C@H](CCCCC)CC2)CC1. The lowest BCUT2D eigenvalue weighted by Crippen LogP contribution is -2.14. The van der Waals surface area contributed by atoms with Gasteiger partial charge in [-0.05, 0) is 68.6 Å². The van der Waals surface area contributed by atoms with E-state index in [1.54, 1.807) is 0 Å². The molecular weight excluding hydrogens is 300 g/mol. The van der Waals surface area contributed by atoms with Crippen molar-refractivity contribution in [3.05, 3.63) is 24.3 Å². The second-order valence-corrected chi connectivity index (χ2v) is 8.90. The van der Waals surface area contributed by atoms with Crippen LogP contribution in [0.5, 0.6) is 0 Å². The summed E-state index contributed by atoms with van der Waals surface area (Å²) in [7, 11) is 0. The Hall–Kier alpha value is -0.520. The van der Waals surface area contributed by atoms with Crippen LogP contribution in [-0.2, 0) is 0 Å². The first-order valence-corrected chi connectivity index (χ1v) is 11.6. The molecule has 2 rings (SSSR count). The molecule has 0 radical (unpaired) electrons. The Bertz CT molecular complexity index is 361. The first kappa shape index (κ1) is 20.8. The zero-order valence-electron chi connectivity index (χ0n) is 17.2. The molecule has 0 unspecified atom stereocenters. The van der Waals surface area contributed by atoms with Gasteiger partial charge >= 0.3 is 0 Å². The van der Waals surface area contributed by atoms with Crippen molar-refractivity contribution in [2.45, 2.75) is 110 Å². The maximum absolute atomic E-state index is 2.57. The molecule has 0 spiro atoms. The van der Waals surface area contributed by atoms with E-state index in [2.05, 4.69) is 38.2 Å². The van der Waals surface area contributed by atoms with Crippen molar-refractivity contribution in [2.24, 2.45) is 23.7 Å². The molecule has 0 atom stereocenters. The normalized spacial score (nSPS) is 31.1. The second-order valence-electron chi connectivity index (χ2n) is 8.90. The molecule has 2 aliphatic carbocycles. The van der Waals surface area contributed by atoms with Crippen LogP contribution in [0.3, 0.4) is 0 Å². The number of hydrogen-bond donors (Lipinski definition) is 0. The third-order valence-electron chi connectivity index (χ3n) is 6.79. The van der Waals surface area contributed by atoms with E-state index in [-0.39, 0.29) is 0 Å². The molecule has 0 nitrogen and oxygen atoms in total.